The lowest BCUT2D eigenvalue weighted by Gasteiger charge is -2.32. The van der Waals surface area contributed by atoms with Gasteiger partial charge in [0, 0.05) is 18.8 Å². The molecule has 0 unspecified atom stereocenters. The maximum atomic E-state index is 11.9. The maximum absolute atomic E-state index is 11.9. The molecule has 2 saturated carbocycles. The van der Waals surface area contributed by atoms with Crippen molar-refractivity contribution in [1.82, 2.24) is 24.5 Å². The van der Waals surface area contributed by atoms with Crippen molar-refractivity contribution in [1.29, 1.82) is 0 Å². The summed E-state index contributed by atoms with van der Waals surface area (Å²) in [7, 11) is 0. The fourth-order valence-electron chi connectivity index (χ4n) is 5.44. The van der Waals surface area contributed by atoms with Gasteiger partial charge in [0.1, 0.15) is 11.2 Å². The first-order valence-corrected chi connectivity index (χ1v) is 13.1. The van der Waals surface area contributed by atoms with Crippen LogP contribution in [0.15, 0.2) is 18.3 Å². The third-order valence-electron chi connectivity index (χ3n) is 7.86. The first-order chi connectivity index (χ1) is 16.9. The third-order valence-corrected chi connectivity index (χ3v) is 7.86. The Labute approximate surface area is 206 Å². The van der Waals surface area contributed by atoms with Gasteiger partial charge in [0.15, 0.2) is 17.3 Å². The number of rotatable bonds is 8. The molecule has 2 aliphatic rings. The van der Waals surface area contributed by atoms with Crippen molar-refractivity contribution in [3.05, 3.63) is 29.7 Å². The predicted octanol–water partition coefficient (Wildman–Crippen LogP) is 5.89. The molecule has 3 aromatic heterocycles. The average Bonchev–Trinajstić information content (AvgIpc) is 3.17. The number of aromatic carboxylic acids is 1. The van der Waals surface area contributed by atoms with Crippen molar-refractivity contribution in [3.8, 4) is 11.5 Å². The van der Waals surface area contributed by atoms with Crippen LogP contribution in [0.2, 0.25) is 0 Å². The molecule has 0 spiro atoms. The predicted molar refractivity (Wildman–Crippen MR) is 137 cm³/mol. The molecule has 8 nitrogen and oxygen atoms in total. The largest absolute Gasteiger partial charge is 0.475 e. The molecule has 2 N–H and O–H groups in total. The van der Waals surface area contributed by atoms with Gasteiger partial charge in [-0.15, -0.1) is 0 Å². The zero-order valence-electron chi connectivity index (χ0n) is 21.0. The first kappa shape index (κ1) is 23.7. The molecule has 3 aromatic rings. The number of hydrogen-bond donors (Lipinski definition) is 2. The third kappa shape index (κ3) is 4.88. The molecular weight excluding hydrogens is 440 g/mol. The van der Waals surface area contributed by atoms with E-state index in [1.165, 1.54) is 56.9 Å². The summed E-state index contributed by atoms with van der Waals surface area (Å²) in [5, 5.41) is 13.3. The topological polar surface area (TPSA) is 106 Å². The molecule has 0 amide bonds. The Morgan fingerprint density at radius 1 is 1.09 bits per heavy atom. The highest BCUT2D eigenvalue weighted by Crippen LogP contribution is 2.35. The Kier molecular flexibility index (Phi) is 6.71. The molecule has 2 aliphatic carbocycles. The molecule has 186 valence electrons. The molecule has 2 fully saturated rings. The summed E-state index contributed by atoms with van der Waals surface area (Å²) in [6.07, 6.45) is 11.6. The Morgan fingerprint density at radius 3 is 2.51 bits per heavy atom. The van der Waals surface area contributed by atoms with Crippen molar-refractivity contribution in [2.45, 2.75) is 90.6 Å². The molecule has 0 aromatic carbocycles. The van der Waals surface area contributed by atoms with Crippen LogP contribution in [0.4, 0.5) is 5.82 Å². The van der Waals surface area contributed by atoms with Gasteiger partial charge in [-0.2, -0.15) is 0 Å². The second kappa shape index (κ2) is 9.91. The van der Waals surface area contributed by atoms with Crippen LogP contribution in [-0.2, 0) is 6.54 Å². The fraction of sp³-hybridized carbons (Fsp3) is 0.593. The van der Waals surface area contributed by atoms with E-state index in [0.717, 1.165) is 23.6 Å². The van der Waals surface area contributed by atoms with E-state index in [1.54, 1.807) is 0 Å². The minimum atomic E-state index is -1.14. The van der Waals surface area contributed by atoms with Gasteiger partial charge in [0.25, 0.3) is 0 Å². The SMILES string of the molecule is CC(C)c1ccnc(-c2nc3nc(C(=O)O)nc(N[C@H](C)C4CCC4)c3n2CC2CCCCC2)c1. The maximum Gasteiger partial charge on any atom is 0.374 e. The summed E-state index contributed by atoms with van der Waals surface area (Å²) in [6.45, 7) is 7.30. The quantitative estimate of drug-likeness (QED) is 0.417. The number of carboxylic acids is 1. The number of anilines is 1. The molecule has 0 aliphatic heterocycles. The van der Waals surface area contributed by atoms with E-state index in [-0.39, 0.29) is 11.9 Å². The van der Waals surface area contributed by atoms with Crippen molar-refractivity contribution in [2.75, 3.05) is 5.32 Å². The number of imidazole rings is 1. The molecule has 0 bridgehead atoms. The number of aromatic nitrogens is 5. The lowest BCUT2D eigenvalue weighted by atomic mass is 9.80. The van der Waals surface area contributed by atoms with Crippen molar-refractivity contribution < 1.29 is 9.90 Å². The normalized spacial score (nSPS) is 18.1. The first-order valence-electron chi connectivity index (χ1n) is 13.1. The van der Waals surface area contributed by atoms with E-state index in [9.17, 15) is 9.90 Å². The number of carboxylic acid groups (broad SMARTS) is 1. The number of hydrogen-bond acceptors (Lipinski definition) is 6. The number of nitrogens with zero attached hydrogens (tertiary/aromatic N) is 5. The van der Waals surface area contributed by atoms with Gasteiger partial charge in [-0.1, -0.05) is 39.5 Å². The molecular formula is C27H36N6O2. The smallest absolute Gasteiger partial charge is 0.374 e. The van der Waals surface area contributed by atoms with E-state index < -0.39 is 5.97 Å². The van der Waals surface area contributed by atoms with Crippen LogP contribution < -0.4 is 5.32 Å². The monoisotopic (exact) mass is 476 g/mol. The molecule has 0 radical (unpaired) electrons. The summed E-state index contributed by atoms with van der Waals surface area (Å²) in [5.41, 5.74) is 3.20. The minimum absolute atomic E-state index is 0.201. The lowest BCUT2D eigenvalue weighted by molar-refractivity contribution is 0.0684. The van der Waals surface area contributed by atoms with Gasteiger partial charge < -0.3 is 15.0 Å². The van der Waals surface area contributed by atoms with E-state index in [2.05, 4.69) is 51.7 Å². The number of carbonyl (C=O) groups is 1. The van der Waals surface area contributed by atoms with Crippen LogP contribution in [0.1, 0.15) is 94.2 Å². The Balaban J connectivity index is 1.67. The Hall–Kier alpha value is -3.03. The van der Waals surface area contributed by atoms with Gasteiger partial charge in [0.05, 0.1) is 0 Å². The molecule has 35 heavy (non-hydrogen) atoms. The molecule has 3 heterocycles. The molecule has 1 atom stereocenters. The van der Waals surface area contributed by atoms with Crippen LogP contribution in [0.3, 0.4) is 0 Å². The highest BCUT2D eigenvalue weighted by Gasteiger charge is 2.28. The molecule has 8 heteroatoms. The average molecular weight is 477 g/mol. The van der Waals surface area contributed by atoms with Crippen LogP contribution >= 0.6 is 0 Å². The van der Waals surface area contributed by atoms with Gasteiger partial charge in [-0.3, -0.25) is 4.98 Å². The second-order valence-electron chi connectivity index (χ2n) is 10.7. The summed E-state index contributed by atoms with van der Waals surface area (Å²) in [4.78, 5) is 30.3. The summed E-state index contributed by atoms with van der Waals surface area (Å²) >= 11 is 0. The number of fused-ring (bicyclic) bond motifs is 1. The van der Waals surface area contributed by atoms with Crippen LogP contribution in [0.25, 0.3) is 22.7 Å². The van der Waals surface area contributed by atoms with E-state index >= 15 is 0 Å². The Bertz CT molecular complexity index is 1210. The van der Waals surface area contributed by atoms with Gasteiger partial charge in [-0.25, -0.2) is 19.7 Å². The van der Waals surface area contributed by atoms with E-state index in [1.807, 2.05) is 12.3 Å². The Morgan fingerprint density at radius 2 is 1.86 bits per heavy atom. The fourth-order valence-corrected chi connectivity index (χ4v) is 5.44. The van der Waals surface area contributed by atoms with Crippen LogP contribution in [0, 0.1) is 11.8 Å². The van der Waals surface area contributed by atoms with Gasteiger partial charge >= 0.3 is 5.97 Å². The van der Waals surface area contributed by atoms with Crippen molar-refractivity contribution in [3.63, 3.8) is 0 Å². The molecule has 0 saturated heterocycles. The number of pyridine rings is 1. The van der Waals surface area contributed by atoms with E-state index in [4.69, 9.17) is 4.98 Å². The zero-order chi connectivity index (χ0) is 24.5. The van der Waals surface area contributed by atoms with Gasteiger partial charge in [0.2, 0.25) is 5.82 Å². The van der Waals surface area contributed by atoms with Crippen LogP contribution in [0.5, 0.6) is 0 Å². The van der Waals surface area contributed by atoms with Crippen molar-refractivity contribution in [2.24, 2.45) is 11.8 Å². The number of nitrogens with one attached hydrogen (secondary N) is 1. The highest BCUT2D eigenvalue weighted by atomic mass is 16.4. The summed E-state index contributed by atoms with van der Waals surface area (Å²) in [6, 6.07) is 4.34. The van der Waals surface area contributed by atoms with E-state index in [0.29, 0.717) is 29.2 Å². The summed E-state index contributed by atoms with van der Waals surface area (Å²) < 4.78 is 2.21. The highest BCUT2D eigenvalue weighted by molar-refractivity contribution is 5.92. The minimum Gasteiger partial charge on any atom is -0.475 e. The van der Waals surface area contributed by atoms with Gasteiger partial charge in [-0.05, 0) is 68.1 Å². The second-order valence-corrected chi connectivity index (χ2v) is 10.7. The van der Waals surface area contributed by atoms with Crippen molar-refractivity contribution >= 4 is 23.0 Å². The molecule has 5 rings (SSSR count). The summed E-state index contributed by atoms with van der Waals surface area (Å²) in [5.74, 6) is 1.43. The lowest BCUT2D eigenvalue weighted by Crippen LogP contribution is -2.31. The van der Waals surface area contributed by atoms with Crippen LogP contribution in [-0.4, -0.2) is 41.6 Å². The zero-order valence-corrected chi connectivity index (χ0v) is 21.0. The standard InChI is InChI=1S/C27H36N6O2/c1-16(2)20-12-13-28-21(14-20)26-32-24-22(33(26)15-18-8-5-4-6-9-18)23(30-25(31-24)27(34)35)29-17(3)19-10-7-11-19/h12-14,16-19H,4-11,15H2,1-3H3,(H,34,35)(H,29,30,31)/t17-/m1/s1.